The summed E-state index contributed by atoms with van der Waals surface area (Å²) in [4.78, 5) is 12.8. The highest BCUT2D eigenvalue weighted by atomic mass is 32.2. The highest BCUT2D eigenvalue weighted by Gasteiger charge is 2.13. The second-order valence-electron chi connectivity index (χ2n) is 8.03. The molecule has 0 N–H and O–H groups in total. The molecule has 0 radical (unpaired) electrons. The van der Waals surface area contributed by atoms with Crippen molar-refractivity contribution in [2.24, 2.45) is 0 Å². The summed E-state index contributed by atoms with van der Waals surface area (Å²) < 4.78 is 25.8. The van der Waals surface area contributed by atoms with Gasteiger partial charge in [-0.2, -0.15) is 0 Å². The highest BCUT2D eigenvalue weighted by molar-refractivity contribution is 8.14. The van der Waals surface area contributed by atoms with E-state index in [1.807, 2.05) is 0 Å². The van der Waals surface area contributed by atoms with Gasteiger partial charge in [-0.15, -0.1) is 0 Å². The maximum Gasteiger partial charge on any atom is 0.224 e. The van der Waals surface area contributed by atoms with Gasteiger partial charge in [-0.05, 0) is 61.0 Å². The Labute approximate surface area is 197 Å². The Balaban J connectivity index is 1.76. The Bertz CT molecular complexity index is 792. The summed E-state index contributed by atoms with van der Waals surface area (Å²) in [6.45, 7) is 5.65. The molecule has 0 unspecified atom stereocenters. The van der Waals surface area contributed by atoms with Crippen molar-refractivity contribution in [3.8, 4) is 11.5 Å². The summed E-state index contributed by atoms with van der Waals surface area (Å²) in [6, 6.07) is 11.8. The van der Waals surface area contributed by atoms with Crippen LogP contribution in [0, 0.1) is 5.82 Å². The number of benzene rings is 2. The van der Waals surface area contributed by atoms with Crippen LogP contribution >= 0.6 is 11.8 Å². The van der Waals surface area contributed by atoms with E-state index in [0.717, 1.165) is 43.2 Å². The molecule has 32 heavy (non-hydrogen) atoms. The molecular weight excluding hydrogens is 423 g/mol. The monoisotopic (exact) mass is 460 g/mol. The molecule has 0 saturated carbocycles. The number of ether oxygens (including phenoxy) is 2. The van der Waals surface area contributed by atoms with E-state index in [-0.39, 0.29) is 5.12 Å². The van der Waals surface area contributed by atoms with Gasteiger partial charge in [-0.25, -0.2) is 4.39 Å². The lowest BCUT2D eigenvalue weighted by atomic mass is 10.1. The molecule has 0 aromatic heterocycles. The summed E-state index contributed by atoms with van der Waals surface area (Å²) >= 11 is 0.894. The molecule has 2 aromatic rings. The Morgan fingerprint density at radius 3 is 1.91 bits per heavy atom. The zero-order valence-corrected chi connectivity index (χ0v) is 20.4. The Hall–Kier alpha value is -2.01. The van der Waals surface area contributed by atoms with Crippen molar-refractivity contribution in [2.45, 2.75) is 83.0 Å². The maximum absolute atomic E-state index is 14.5. The molecule has 0 atom stereocenters. The van der Waals surface area contributed by atoms with Crippen molar-refractivity contribution in [1.29, 1.82) is 0 Å². The number of thioether (sulfide) groups is 1. The molecule has 0 saturated heterocycles. The molecule has 0 bridgehead atoms. The third kappa shape index (κ3) is 10.1. The van der Waals surface area contributed by atoms with E-state index in [4.69, 9.17) is 9.47 Å². The van der Waals surface area contributed by atoms with Gasteiger partial charge in [0.25, 0.3) is 0 Å². The standard InChI is InChI=1S/C27H37FO3S/c1-3-5-7-9-10-12-20-31-24-17-18-26(25(28)21-24)32-27(29)22-13-15-23(16-14-22)30-19-11-8-6-4-2/h13-18,21H,3-12,19-20H2,1-2H3. The molecule has 0 heterocycles. The smallest absolute Gasteiger partial charge is 0.224 e. The van der Waals surface area contributed by atoms with E-state index < -0.39 is 5.82 Å². The molecular formula is C27H37FO3S. The quantitative estimate of drug-likeness (QED) is 0.186. The zero-order chi connectivity index (χ0) is 23.0. The number of halogens is 1. The van der Waals surface area contributed by atoms with Gasteiger partial charge < -0.3 is 9.47 Å². The number of hydrogen-bond acceptors (Lipinski definition) is 4. The number of carbonyl (C=O) groups excluding carboxylic acids is 1. The van der Waals surface area contributed by atoms with E-state index >= 15 is 0 Å². The first kappa shape index (κ1) is 26.2. The first-order valence-electron chi connectivity index (χ1n) is 12.0. The number of carbonyl (C=O) groups is 1. The van der Waals surface area contributed by atoms with Gasteiger partial charge in [0.2, 0.25) is 5.12 Å². The van der Waals surface area contributed by atoms with Gasteiger partial charge in [-0.1, -0.05) is 65.2 Å². The fourth-order valence-electron chi connectivity index (χ4n) is 3.29. The van der Waals surface area contributed by atoms with E-state index in [9.17, 15) is 9.18 Å². The SMILES string of the molecule is CCCCCCCCOc1ccc(SC(=O)c2ccc(OCCCCCC)cc2)c(F)c1. The number of unbranched alkanes of at least 4 members (excludes halogenated alkanes) is 8. The topological polar surface area (TPSA) is 35.5 Å². The fraction of sp³-hybridized carbons (Fsp3) is 0.519. The minimum absolute atomic E-state index is 0.195. The first-order chi connectivity index (χ1) is 15.6. The summed E-state index contributed by atoms with van der Waals surface area (Å²) in [5, 5.41) is -0.195. The largest absolute Gasteiger partial charge is 0.494 e. The van der Waals surface area contributed by atoms with Crippen molar-refractivity contribution in [1.82, 2.24) is 0 Å². The van der Waals surface area contributed by atoms with Gasteiger partial charge >= 0.3 is 0 Å². The summed E-state index contributed by atoms with van der Waals surface area (Å²) in [5.74, 6) is 0.824. The van der Waals surface area contributed by atoms with Gasteiger partial charge in [0.15, 0.2) is 0 Å². The fourth-order valence-corrected chi connectivity index (χ4v) is 4.04. The lowest BCUT2D eigenvalue weighted by molar-refractivity contribution is 0.108. The van der Waals surface area contributed by atoms with E-state index in [2.05, 4.69) is 13.8 Å². The van der Waals surface area contributed by atoms with Gasteiger partial charge in [0, 0.05) is 11.6 Å². The maximum atomic E-state index is 14.5. The lowest BCUT2D eigenvalue weighted by Crippen LogP contribution is -1.99. The van der Waals surface area contributed by atoms with Crippen LogP contribution in [0.1, 0.15) is 88.4 Å². The average Bonchev–Trinajstić information content (AvgIpc) is 2.80. The molecule has 0 fully saturated rings. The van der Waals surface area contributed by atoms with Crippen molar-refractivity contribution in [2.75, 3.05) is 13.2 Å². The Morgan fingerprint density at radius 2 is 1.28 bits per heavy atom. The first-order valence-corrected chi connectivity index (χ1v) is 12.8. The summed E-state index contributed by atoms with van der Waals surface area (Å²) in [6.07, 6.45) is 11.7. The van der Waals surface area contributed by atoms with E-state index in [0.29, 0.717) is 29.4 Å². The average molecular weight is 461 g/mol. The van der Waals surface area contributed by atoms with Crippen LogP contribution in [0.3, 0.4) is 0 Å². The van der Waals surface area contributed by atoms with Crippen LogP contribution in [0.25, 0.3) is 0 Å². The molecule has 0 aliphatic carbocycles. The third-order valence-electron chi connectivity index (χ3n) is 5.23. The normalized spacial score (nSPS) is 10.8. The highest BCUT2D eigenvalue weighted by Crippen LogP contribution is 2.29. The molecule has 2 rings (SSSR count). The van der Waals surface area contributed by atoms with Crippen molar-refractivity contribution in [3.63, 3.8) is 0 Å². The second kappa shape index (κ2) is 15.7. The summed E-state index contributed by atoms with van der Waals surface area (Å²) in [5.41, 5.74) is 0.524. The van der Waals surface area contributed by atoms with Crippen molar-refractivity contribution < 1.29 is 18.7 Å². The summed E-state index contributed by atoms with van der Waals surface area (Å²) in [7, 11) is 0. The van der Waals surface area contributed by atoms with Crippen molar-refractivity contribution in [3.05, 3.63) is 53.8 Å². The molecule has 176 valence electrons. The molecule has 5 heteroatoms. The predicted octanol–water partition coefficient (Wildman–Crippen LogP) is 8.46. The van der Waals surface area contributed by atoms with E-state index in [1.54, 1.807) is 36.4 Å². The predicted molar refractivity (Wildman–Crippen MR) is 132 cm³/mol. The van der Waals surface area contributed by atoms with Crippen molar-refractivity contribution >= 4 is 16.9 Å². The molecule has 3 nitrogen and oxygen atoms in total. The van der Waals surface area contributed by atoms with Crippen LogP contribution < -0.4 is 9.47 Å². The molecule has 0 aliphatic rings. The molecule has 0 aliphatic heterocycles. The van der Waals surface area contributed by atoms with Gasteiger partial charge in [0.1, 0.15) is 17.3 Å². The Kier molecular flexibility index (Phi) is 12.9. The van der Waals surface area contributed by atoms with Crippen LogP contribution in [0.2, 0.25) is 0 Å². The van der Waals surface area contributed by atoms with Crippen LogP contribution in [-0.2, 0) is 0 Å². The van der Waals surface area contributed by atoms with Crippen LogP contribution in [0.4, 0.5) is 4.39 Å². The van der Waals surface area contributed by atoms with Crippen LogP contribution in [0.5, 0.6) is 11.5 Å². The van der Waals surface area contributed by atoms with Gasteiger partial charge in [0.05, 0.1) is 18.1 Å². The van der Waals surface area contributed by atoms with Crippen LogP contribution in [-0.4, -0.2) is 18.3 Å². The van der Waals surface area contributed by atoms with Gasteiger partial charge in [-0.3, -0.25) is 4.79 Å². The van der Waals surface area contributed by atoms with E-state index in [1.165, 1.54) is 44.6 Å². The zero-order valence-electron chi connectivity index (χ0n) is 19.5. The van der Waals surface area contributed by atoms with Crippen LogP contribution in [0.15, 0.2) is 47.4 Å². The lowest BCUT2D eigenvalue weighted by Gasteiger charge is -2.09. The molecule has 0 spiro atoms. The number of rotatable bonds is 16. The minimum atomic E-state index is -0.434. The minimum Gasteiger partial charge on any atom is -0.494 e. The molecule has 0 amide bonds. The molecule has 2 aromatic carbocycles. The number of hydrogen-bond donors (Lipinski definition) is 0. The third-order valence-corrected chi connectivity index (χ3v) is 6.20. The Morgan fingerprint density at radius 1 is 0.750 bits per heavy atom. The second-order valence-corrected chi connectivity index (χ2v) is 9.05.